The van der Waals surface area contributed by atoms with Crippen molar-refractivity contribution in [3.8, 4) is 0 Å². The summed E-state index contributed by atoms with van der Waals surface area (Å²) < 4.78 is 0. The lowest BCUT2D eigenvalue weighted by molar-refractivity contribution is -0.387. The largest absolute Gasteiger partial charge is 0.480 e. The maximum atomic E-state index is 11.8. The lowest BCUT2D eigenvalue weighted by Gasteiger charge is -2.15. The van der Waals surface area contributed by atoms with E-state index in [1.165, 1.54) is 12.1 Å². The molecular formula is C15H18N4O8S. The Morgan fingerprint density at radius 1 is 1.21 bits per heavy atom. The van der Waals surface area contributed by atoms with E-state index in [0.29, 0.717) is 0 Å². The van der Waals surface area contributed by atoms with Gasteiger partial charge < -0.3 is 27.0 Å². The average Bonchev–Trinajstić information content (AvgIpc) is 2.62. The molecule has 7 N–H and O–H groups in total. The maximum Gasteiger partial charge on any atom is 0.327 e. The number of nitrogens with zero attached hydrogens (tertiary/aromatic N) is 1. The molecular weight excluding hydrogens is 396 g/mol. The first-order chi connectivity index (χ1) is 13.0. The number of carboxylic acids is 2. The molecule has 0 radical (unpaired) electrons. The highest BCUT2D eigenvalue weighted by Crippen LogP contribution is 2.30. The van der Waals surface area contributed by atoms with Gasteiger partial charge in [-0.05, 0) is 18.6 Å². The summed E-state index contributed by atoms with van der Waals surface area (Å²) in [6, 6.07) is 0.866. The Hall–Kier alpha value is -3.19. The second kappa shape index (κ2) is 10.2. The van der Waals surface area contributed by atoms with Gasteiger partial charge in [0, 0.05) is 23.8 Å². The van der Waals surface area contributed by atoms with Gasteiger partial charge in [-0.25, -0.2) is 4.79 Å². The normalized spacial score (nSPS) is 12.6. The molecule has 152 valence electrons. The van der Waals surface area contributed by atoms with E-state index in [-0.39, 0.29) is 29.1 Å². The van der Waals surface area contributed by atoms with Crippen LogP contribution in [0.4, 0.5) is 5.69 Å². The molecule has 12 nitrogen and oxygen atoms in total. The third-order valence-electron chi connectivity index (χ3n) is 3.48. The van der Waals surface area contributed by atoms with E-state index in [2.05, 4.69) is 5.32 Å². The van der Waals surface area contributed by atoms with Crippen molar-refractivity contribution in [2.24, 2.45) is 11.5 Å². The molecule has 0 aliphatic carbocycles. The van der Waals surface area contributed by atoms with E-state index < -0.39 is 46.4 Å². The monoisotopic (exact) mass is 414 g/mol. The minimum Gasteiger partial charge on any atom is -0.480 e. The van der Waals surface area contributed by atoms with Crippen LogP contribution in [0.5, 0.6) is 0 Å². The number of nitro groups is 1. The number of nitrogens with one attached hydrogen (secondary N) is 1. The number of benzene rings is 1. The molecule has 0 aliphatic heterocycles. The number of carbonyl (C=O) groups is 4. The van der Waals surface area contributed by atoms with E-state index in [1.54, 1.807) is 0 Å². The first-order valence-electron chi connectivity index (χ1n) is 7.74. The van der Waals surface area contributed by atoms with Crippen LogP contribution in [0.2, 0.25) is 0 Å². The van der Waals surface area contributed by atoms with Crippen LogP contribution in [0.15, 0.2) is 23.1 Å². The van der Waals surface area contributed by atoms with E-state index in [0.717, 1.165) is 17.8 Å². The summed E-state index contributed by atoms with van der Waals surface area (Å²) in [7, 11) is 0. The van der Waals surface area contributed by atoms with Gasteiger partial charge >= 0.3 is 11.9 Å². The van der Waals surface area contributed by atoms with E-state index >= 15 is 0 Å². The van der Waals surface area contributed by atoms with Crippen molar-refractivity contribution in [3.05, 3.63) is 33.9 Å². The third-order valence-corrected chi connectivity index (χ3v) is 4.63. The number of primary amides is 1. The molecule has 2 atom stereocenters. The number of carbonyl (C=O) groups excluding carboxylic acids is 2. The lowest BCUT2D eigenvalue weighted by atomic mass is 10.1. The smallest absolute Gasteiger partial charge is 0.327 e. The van der Waals surface area contributed by atoms with Crippen LogP contribution in [0.1, 0.15) is 23.2 Å². The molecule has 0 bridgehead atoms. The fourth-order valence-electron chi connectivity index (χ4n) is 1.96. The van der Waals surface area contributed by atoms with E-state index in [4.69, 9.17) is 16.6 Å². The molecule has 13 heteroatoms. The van der Waals surface area contributed by atoms with Gasteiger partial charge in [0.2, 0.25) is 11.8 Å². The van der Waals surface area contributed by atoms with Gasteiger partial charge in [-0.1, -0.05) is 0 Å². The van der Waals surface area contributed by atoms with Crippen molar-refractivity contribution >= 4 is 41.2 Å². The highest BCUT2D eigenvalue weighted by molar-refractivity contribution is 7.99. The number of aliphatic carboxylic acids is 2. The van der Waals surface area contributed by atoms with Crippen LogP contribution < -0.4 is 16.8 Å². The summed E-state index contributed by atoms with van der Waals surface area (Å²) in [4.78, 5) is 55.4. The molecule has 1 aromatic carbocycles. The molecule has 0 saturated carbocycles. The van der Waals surface area contributed by atoms with Gasteiger partial charge in [0.1, 0.15) is 12.1 Å². The van der Waals surface area contributed by atoms with Crippen LogP contribution in [-0.4, -0.2) is 56.7 Å². The van der Waals surface area contributed by atoms with Gasteiger partial charge in [0.05, 0.1) is 9.82 Å². The standard InChI is InChI=1S/C15H18N4O8S/c16-8(14(22)23)2-4-12(20)18-9(15(24)25)6-28-11-3-1-7(13(17)21)5-10(11)19(26)27/h1,3,5,8-9H,2,4,6,16H2,(H2,17,21)(H,18,20)(H,22,23)(H,24,25). The number of carboxylic acid groups (broad SMARTS) is 2. The average molecular weight is 414 g/mol. The Morgan fingerprint density at radius 3 is 2.36 bits per heavy atom. The molecule has 0 heterocycles. The number of hydrogen-bond donors (Lipinski definition) is 5. The SMILES string of the molecule is NC(=O)c1ccc(SCC(NC(=O)CCC(N)C(=O)O)C(=O)O)c([N+](=O)[O-])c1. The molecule has 28 heavy (non-hydrogen) atoms. The number of thioether (sulfide) groups is 1. The van der Waals surface area contributed by atoms with Crippen molar-refractivity contribution < 1.29 is 34.3 Å². The Kier molecular flexibility index (Phi) is 8.34. The highest BCUT2D eigenvalue weighted by atomic mass is 32.2. The van der Waals surface area contributed by atoms with Crippen molar-refractivity contribution in [1.82, 2.24) is 5.32 Å². The van der Waals surface area contributed by atoms with E-state index in [9.17, 15) is 34.4 Å². The maximum absolute atomic E-state index is 11.8. The summed E-state index contributed by atoms with van der Waals surface area (Å²) in [6.45, 7) is 0. The minimum absolute atomic E-state index is 0.0751. The Bertz CT molecular complexity index is 800. The number of nitrogens with two attached hydrogens (primary N) is 2. The summed E-state index contributed by atoms with van der Waals surface area (Å²) in [5, 5.41) is 31.2. The zero-order valence-electron chi connectivity index (χ0n) is 14.4. The summed E-state index contributed by atoms with van der Waals surface area (Å²) >= 11 is 0.795. The third kappa shape index (κ3) is 6.85. The molecule has 0 aromatic heterocycles. The van der Waals surface area contributed by atoms with Gasteiger partial charge in [-0.3, -0.25) is 24.5 Å². The molecule has 2 unspecified atom stereocenters. The van der Waals surface area contributed by atoms with Gasteiger partial charge in [-0.2, -0.15) is 0 Å². The van der Waals surface area contributed by atoms with Gasteiger partial charge in [0.15, 0.2) is 0 Å². The Labute approximate surface area is 162 Å². The summed E-state index contributed by atoms with van der Waals surface area (Å²) in [5.41, 5.74) is 9.85. The van der Waals surface area contributed by atoms with Crippen LogP contribution in [0, 0.1) is 10.1 Å². The van der Waals surface area contributed by atoms with Crippen LogP contribution in [0.3, 0.4) is 0 Å². The number of amides is 2. The molecule has 2 amide bonds. The van der Waals surface area contributed by atoms with Crippen molar-refractivity contribution in [1.29, 1.82) is 0 Å². The zero-order valence-corrected chi connectivity index (χ0v) is 15.2. The predicted octanol–water partition coefficient (Wildman–Crippen LogP) is -0.453. The number of hydrogen-bond acceptors (Lipinski definition) is 8. The first kappa shape index (κ1) is 22.9. The molecule has 0 saturated heterocycles. The second-order valence-electron chi connectivity index (χ2n) is 5.56. The molecule has 1 rings (SSSR count). The van der Waals surface area contributed by atoms with Crippen LogP contribution in [-0.2, 0) is 14.4 Å². The molecule has 0 fully saturated rings. The quantitative estimate of drug-likeness (QED) is 0.178. The Balaban J connectivity index is 2.79. The van der Waals surface area contributed by atoms with E-state index in [1.807, 2.05) is 0 Å². The highest BCUT2D eigenvalue weighted by Gasteiger charge is 2.24. The predicted molar refractivity (Wildman–Crippen MR) is 96.8 cm³/mol. The number of nitro benzene ring substituents is 1. The molecule has 1 aromatic rings. The number of rotatable bonds is 11. The van der Waals surface area contributed by atoms with Gasteiger partial charge in [-0.15, -0.1) is 11.8 Å². The zero-order chi connectivity index (χ0) is 21.4. The second-order valence-corrected chi connectivity index (χ2v) is 6.62. The lowest BCUT2D eigenvalue weighted by Crippen LogP contribution is -2.43. The van der Waals surface area contributed by atoms with Crippen molar-refractivity contribution in [3.63, 3.8) is 0 Å². The van der Waals surface area contributed by atoms with Crippen molar-refractivity contribution in [2.45, 2.75) is 29.8 Å². The minimum atomic E-state index is -1.38. The Morgan fingerprint density at radius 2 is 1.86 bits per heavy atom. The van der Waals surface area contributed by atoms with Crippen LogP contribution >= 0.6 is 11.8 Å². The molecule has 0 spiro atoms. The topological polar surface area (TPSA) is 216 Å². The van der Waals surface area contributed by atoms with Gasteiger partial charge in [0.25, 0.3) is 5.69 Å². The summed E-state index contributed by atoms with van der Waals surface area (Å²) in [5.74, 6) is -4.48. The van der Waals surface area contributed by atoms with Crippen LogP contribution in [0.25, 0.3) is 0 Å². The first-order valence-corrected chi connectivity index (χ1v) is 8.73. The molecule has 0 aliphatic rings. The summed E-state index contributed by atoms with van der Waals surface area (Å²) in [6.07, 6.45) is -0.476. The van der Waals surface area contributed by atoms with Crippen molar-refractivity contribution in [2.75, 3.05) is 5.75 Å². The fourth-order valence-corrected chi connectivity index (χ4v) is 2.98. The fraction of sp³-hybridized carbons (Fsp3) is 0.333.